The predicted octanol–water partition coefficient (Wildman–Crippen LogP) is -0.230. The van der Waals surface area contributed by atoms with Crippen LogP contribution in [0.5, 0.6) is 5.75 Å². The lowest BCUT2D eigenvalue weighted by Crippen LogP contribution is -2.65. The minimum Gasteiger partial charge on any atom is -0.479 e. The Hall–Kier alpha value is -2.79. The Kier molecular flexibility index (Phi) is 4.19. The van der Waals surface area contributed by atoms with E-state index in [-0.39, 0.29) is 25.5 Å². The largest absolute Gasteiger partial charge is 0.479 e. The van der Waals surface area contributed by atoms with Crippen LogP contribution < -0.4 is 10.5 Å². The van der Waals surface area contributed by atoms with E-state index in [1.54, 1.807) is 24.3 Å². The van der Waals surface area contributed by atoms with Gasteiger partial charge in [0, 0.05) is 6.54 Å². The van der Waals surface area contributed by atoms with Crippen molar-refractivity contribution in [2.24, 2.45) is 10.8 Å². The number of carboxylic acids is 1. The van der Waals surface area contributed by atoms with Crippen molar-refractivity contribution in [1.82, 2.24) is 14.8 Å². The van der Waals surface area contributed by atoms with Crippen LogP contribution in [0, 0.1) is 0 Å². The summed E-state index contributed by atoms with van der Waals surface area (Å²) in [6.07, 6.45) is 1.14. The van der Waals surface area contributed by atoms with Crippen molar-refractivity contribution < 1.29 is 24.2 Å². The highest BCUT2D eigenvalue weighted by atomic mass is 32.2. The molecule has 0 radical (unpaired) electrons. The number of carbonyl (C=O) groups is 3. The zero-order valence-corrected chi connectivity index (χ0v) is 14.9. The molecule has 3 saturated heterocycles. The molecule has 0 unspecified atom stereocenters. The van der Waals surface area contributed by atoms with Crippen LogP contribution in [0.2, 0.25) is 0 Å². The molecule has 0 spiro atoms. The van der Waals surface area contributed by atoms with Crippen LogP contribution in [-0.4, -0.2) is 80.1 Å². The highest BCUT2D eigenvalue weighted by molar-refractivity contribution is 8.02. The summed E-state index contributed by atoms with van der Waals surface area (Å²) in [7, 11) is 0. The lowest BCUT2D eigenvalue weighted by atomic mass is 10.1. The van der Waals surface area contributed by atoms with E-state index in [2.05, 4.69) is 5.10 Å². The van der Waals surface area contributed by atoms with Crippen molar-refractivity contribution >= 4 is 36.1 Å². The van der Waals surface area contributed by atoms with Crippen LogP contribution in [0.25, 0.3) is 0 Å². The zero-order valence-electron chi connectivity index (χ0n) is 14.1. The van der Waals surface area contributed by atoms with Gasteiger partial charge in [0.25, 0.3) is 0 Å². The molecule has 10 nitrogen and oxygen atoms in total. The summed E-state index contributed by atoms with van der Waals surface area (Å²) in [5, 5.41) is 14.5. The number of rotatable bonds is 5. The van der Waals surface area contributed by atoms with Crippen molar-refractivity contribution in [2.45, 2.75) is 16.3 Å². The first-order valence-electron chi connectivity index (χ1n) is 8.24. The molecule has 3 N–H and O–H groups in total. The molecule has 4 rings (SSSR count). The first kappa shape index (κ1) is 17.6. The molecule has 11 heteroatoms. The van der Waals surface area contributed by atoms with Crippen LogP contribution in [0.1, 0.15) is 0 Å². The number of benzene rings is 1. The van der Waals surface area contributed by atoms with Gasteiger partial charge in [0.05, 0.1) is 13.1 Å². The molecular formula is C16H17N5O5S. The summed E-state index contributed by atoms with van der Waals surface area (Å²) in [4.78, 5) is 37.6. The van der Waals surface area contributed by atoms with Gasteiger partial charge in [-0.2, -0.15) is 0 Å². The van der Waals surface area contributed by atoms with Crippen molar-refractivity contribution in [2.75, 3.05) is 19.6 Å². The van der Waals surface area contributed by atoms with Gasteiger partial charge in [0.1, 0.15) is 17.2 Å². The Balaban J connectivity index is 1.47. The fraction of sp³-hybridized carbons (Fsp3) is 0.375. The topological polar surface area (TPSA) is 129 Å². The second-order valence-electron chi connectivity index (χ2n) is 6.30. The molecule has 1 aromatic carbocycles. The molecule has 3 atom stereocenters. The fourth-order valence-corrected chi connectivity index (χ4v) is 4.89. The molecule has 3 fully saturated rings. The summed E-state index contributed by atoms with van der Waals surface area (Å²) in [6.45, 7) is 0.298. The number of amides is 3. The SMILES string of the molecule is N[C@@H]1C(=O)N2C[C@@](C(=O)O)(N3CCN(N=COc4ccccc4)C3=O)S[C@H]12. The predicted molar refractivity (Wildman–Crippen MR) is 95.8 cm³/mol. The van der Waals surface area contributed by atoms with Crippen molar-refractivity contribution in [3.05, 3.63) is 30.3 Å². The number of hydrazone groups is 1. The summed E-state index contributed by atoms with van der Waals surface area (Å²) in [6, 6.07) is 7.64. The van der Waals surface area contributed by atoms with E-state index in [4.69, 9.17) is 10.5 Å². The summed E-state index contributed by atoms with van der Waals surface area (Å²) in [5.74, 6) is -0.912. The van der Waals surface area contributed by atoms with Crippen molar-refractivity contribution in [3.8, 4) is 5.75 Å². The van der Waals surface area contributed by atoms with E-state index in [1.807, 2.05) is 6.07 Å². The number of para-hydroxylation sites is 1. The maximum Gasteiger partial charge on any atom is 0.342 e. The number of aliphatic carboxylic acids is 1. The minimum absolute atomic E-state index is 0.0893. The molecular weight excluding hydrogens is 374 g/mol. The van der Waals surface area contributed by atoms with Crippen LogP contribution in [0.4, 0.5) is 4.79 Å². The second kappa shape index (κ2) is 6.43. The number of thioether (sulfide) groups is 1. The third-order valence-electron chi connectivity index (χ3n) is 4.76. The molecule has 0 aliphatic carbocycles. The maximum absolute atomic E-state index is 12.7. The van der Waals surface area contributed by atoms with E-state index in [0.717, 1.165) is 23.2 Å². The second-order valence-corrected chi connectivity index (χ2v) is 7.69. The highest BCUT2D eigenvalue weighted by Crippen LogP contribution is 2.49. The van der Waals surface area contributed by atoms with E-state index >= 15 is 0 Å². The summed E-state index contributed by atoms with van der Waals surface area (Å²) >= 11 is 1.03. The molecule has 27 heavy (non-hydrogen) atoms. The number of urea groups is 1. The normalized spacial score (nSPS) is 30.0. The van der Waals surface area contributed by atoms with Gasteiger partial charge in [-0.15, -0.1) is 5.10 Å². The zero-order chi connectivity index (χ0) is 19.2. The highest BCUT2D eigenvalue weighted by Gasteiger charge is 2.65. The van der Waals surface area contributed by atoms with Crippen LogP contribution in [0.3, 0.4) is 0 Å². The van der Waals surface area contributed by atoms with Crippen LogP contribution >= 0.6 is 11.8 Å². The van der Waals surface area contributed by atoms with Gasteiger partial charge < -0.3 is 20.5 Å². The Bertz CT molecular complexity index is 821. The van der Waals surface area contributed by atoms with Gasteiger partial charge in [-0.3, -0.25) is 9.69 Å². The molecule has 1 aromatic rings. The number of nitrogens with zero attached hydrogens (tertiary/aromatic N) is 4. The molecule has 3 aliphatic rings. The van der Waals surface area contributed by atoms with Gasteiger partial charge >= 0.3 is 12.0 Å². The third kappa shape index (κ3) is 2.70. The van der Waals surface area contributed by atoms with E-state index in [9.17, 15) is 19.5 Å². The minimum atomic E-state index is -1.56. The van der Waals surface area contributed by atoms with Crippen molar-refractivity contribution in [1.29, 1.82) is 0 Å². The number of hydrogen-bond acceptors (Lipinski definition) is 7. The lowest BCUT2D eigenvalue weighted by molar-refractivity contribution is -0.148. The fourth-order valence-electron chi connectivity index (χ4n) is 3.31. The van der Waals surface area contributed by atoms with Gasteiger partial charge in [-0.1, -0.05) is 30.0 Å². The maximum atomic E-state index is 12.7. The smallest absolute Gasteiger partial charge is 0.342 e. The quantitative estimate of drug-likeness (QED) is 0.403. The van der Waals surface area contributed by atoms with E-state index < -0.39 is 28.3 Å². The van der Waals surface area contributed by atoms with Gasteiger partial charge in [-0.25, -0.2) is 14.6 Å². The first-order valence-corrected chi connectivity index (χ1v) is 9.12. The molecule has 0 aromatic heterocycles. The van der Waals surface area contributed by atoms with Crippen LogP contribution in [0.15, 0.2) is 35.4 Å². The number of hydrogen-bond donors (Lipinski definition) is 2. The van der Waals surface area contributed by atoms with Gasteiger partial charge in [-0.05, 0) is 12.1 Å². The lowest BCUT2D eigenvalue weighted by Gasteiger charge is -2.38. The average Bonchev–Trinajstić information content (AvgIpc) is 3.22. The molecule has 3 heterocycles. The Morgan fingerprint density at radius 1 is 1.33 bits per heavy atom. The standard InChI is InChI=1S/C16H17N5O5S/c17-11-12(22)19-8-16(14(23)24,27-13(11)19)20-6-7-21(15(20)25)18-9-26-10-4-2-1-3-5-10/h1-5,9,11,13H,6-8,17H2,(H,23,24)/t11-,13-,16-/m1/s1. The number of carboxylic acid groups (broad SMARTS) is 1. The number of fused-ring (bicyclic) bond motifs is 1. The molecule has 3 aliphatic heterocycles. The molecule has 0 saturated carbocycles. The third-order valence-corrected chi connectivity index (χ3v) is 6.46. The summed E-state index contributed by atoms with van der Waals surface area (Å²) in [5.41, 5.74) is 5.75. The molecule has 3 amide bonds. The number of nitrogens with two attached hydrogens (primary N) is 1. The van der Waals surface area contributed by atoms with Crippen molar-refractivity contribution in [3.63, 3.8) is 0 Å². The Morgan fingerprint density at radius 2 is 2.07 bits per heavy atom. The Morgan fingerprint density at radius 3 is 2.74 bits per heavy atom. The number of ether oxygens (including phenoxy) is 1. The number of β-lactam (4-membered cyclic amide) rings is 1. The van der Waals surface area contributed by atoms with Gasteiger partial charge in [0.2, 0.25) is 10.8 Å². The van der Waals surface area contributed by atoms with Crippen LogP contribution in [-0.2, 0) is 9.59 Å². The molecule has 0 bridgehead atoms. The average molecular weight is 391 g/mol. The monoisotopic (exact) mass is 391 g/mol. The van der Waals surface area contributed by atoms with E-state index in [1.165, 1.54) is 9.80 Å². The van der Waals surface area contributed by atoms with Gasteiger partial charge in [0.15, 0.2) is 6.40 Å². The summed E-state index contributed by atoms with van der Waals surface area (Å²) < 4.78 is 5.33. The Labute approximate surface area is 158 Å². The molecule has 142 valence electrons. The van der Waals surface area contributed by atoms with E-state index in [0.29, 0.717) is 5.75 Å². The number of carbonyl (C=O) groups excluding carboxylic acids is 2. The first-order chi connectivity index (χ1) is 12.9.